The molecule has 0 amide bonds. The van der Waals surface area contributed by atoms with Crippen molar-refractivity contribution < 1.29 is 27.4 Å². The van der Waals surface area contributed by atoms with Gasteiger partial charge >= 0.3 is 0 Å². The molecule has 0 N–H and O–H groups in total. The Morgan fingerprint density at radius 3 is 1.30 bits per heavy atom. The van der Waals surface area contributed by atoms with Gasteiger partial charge in [0.2, 0.25) is 0 Å². The van der Waals surface area contributed by atoms with Crippen molar-refractivity contribution in [3.05, 3.63) is 262 Å². The Morgan fingerprint density at radius 2 is 0.874 bits per heavy atom. The minimum Gasteiger partial charge on any atom is -0.334 e. The molecule has 12 aromatic rings. The Hall–Kier alpha value is -9.32. The second-order valence-corrected chi connectivity index (χ2v) is 39.5. The fraction of sp³-hybridized carbons (Fsp3) is 0.377. The van der Waals surface area contributed by atoms with E-state index in [2.05, 4.69) is 82.9 Å². The Balaban J connectivity index is 1.18. The second kappa shape index (κ2) is 26.7. The van der Waals surface area contributed by atoms with Crippen molar-refractivity contribution in [3.63, 3.8) is 0 Å². The van der Waals surface area contributed by atoms with Crippen LogP contribution >= 0.6 is 0 Å². The quantitative estimate of drug-likeness (QED) is 0.111. The normalized spacial score (nSPS) is 21.1. The predicted molar refractivity (Wildman–Crippen MR) is 482 cm³/mol. The molecule has 5 heteroatoms. The van der Waals surface area contributed by atoms with Gasteiger partial charge in [-0.15, -0.1) is 0 Å². The van der Waals surface area contributed by atoms with Crippen molar-refractivity contribution in [3.8, 4) is 33.6 Å². The van der Waals surface area contributed by atoms with E-state index in [0.717, 1.165) is 42.4 Å². The van der Waals surface area contributed by atoms with E-state index >= 15 is 0 Å². The van der Waals surface area contributed by atoms with Gasteiger partial charge in [-0.1, -0.05) is 272 Å². The van der Waals surface area contributed by atoms with Crippen LogP contribution in [0.2, 0.25) is 0 Å². The van der Waals surface area contributed by atoms with Gasteiger partial charge in [0.05, 0.1) is 61.2 Å². The predicted octanol–water partition coefficient (Wildman–Crippen LogP) is 27.6. The number of allylic oxidation sites excluding steroid dienone is 4. The molecule has 111 heavy (non-hydrogen) atoms. The lowest BCUT2D eigenvalue weighted by molar-refractivity contribution is 0.220. The number of aromatic nitrogens is 2. The Labute approximate surface area is 693 Å². The van der Waals surface area contributed by atoms with Gasteiger partial charge in [0.1, 0.15) is 0 Å². The molecule has 0 radical (unpaired) electrons. The summed E-state index contributed by atoms with van der Waals surface area (Å²) in [5.41, 5.74) is -0.829. The summed E-state index contributed by atoms with van der Waals surface area (Å²) >= 11 is 0. The third-order valence-electron chi connectivity index (χ3n) is 24.1. The lowest BCUT2D eigenvalue weighted by Gasteiger charge is -2.53. The number of fused-ring (bicyclic) bond motifs is 10. The summed E-state index contributed by atoms with van der Waals surface area (Å²) in [5.74, 6) is -0.676. The van der Waals surface area contributed by atoms with Gasteiger partial charge in [0, 0.05) is 72.7 Å². The molecule has 5 aliphatic rings. The smallest absolute Gasteiger partial charge is 0.252 e. The van der Waals surface area contributed by atoms with Crippen molar-refractivity contribution in [2.45, 2.75) is 235 Å². The number of nitrogens with zero attached hydrogens (tertiary/aromatic N) is 4. The third kappa shape index (κ3) is 13.0. The van der Waals surface area contributed by atoms with Crippen LogP contribution in [0, 0.1) is 23.2 Å². The van der Waals surface area contributed by atoms with Crippen LogP contribution in [0.25, 0.3) is 77.2 Å². The average Bonchev–Trinajstić information content (AvgIpc) is 1.29. The summed E-state index contributed by atoms with van der Waals surface area (Å²) in [7, 11) is 0. The molecule has 10 aromatic carbocycles. The number of hydrogen-bond donors (Lipinski definition) is 0. The van der Waals surface area contributed by atoms with Crippen LogP contribution in [0.3, 0.4) is 0 Å². The summed E-state index contributed by atoms with van der Waals surface area (Å²) < 4.78 is 222. The third-order valence-corrected chi connectivity index (χ3v) is 24.1. The molecule has 0 saturated heterocycles. The zero-order chi connectivity index (χ0) is 95.5. The number of hydrogen-bond acceptors (Lipinski definition) is 2. The summed E-state index contributed by atoms with van der Waals surface area (Å²) in [6, 6.07) is 14.6. The highest BCUT2D eigenvalue weighted by Gasteiger charge is 2.51. The second-order valence-electron chi connectivity index (χ2n) is 39.5. The van der Waals surface area contributed by atoms with E-state index < -0.39 is 123 Å². The molecule has 3 aliphatic carbocycles. The number of anilines is 5. The molecule has 17 rings (SSSR count). The summed E-state index contributed by atoms with van der Waals surface area (Å²) in [5, 5.41) is -0.110. The molecule has 4 unspecified atom stereocenters. The van der Waals surface area contributed by atoms with Crippen LogP contribution in [0.5, 0.6) is 0 Å². The van der Waals surface area contributed by atoms with Gasteiger partial charge in [-0.3, -0.25) is 0 Å². The fourth-order valence-corrected chi connectivity index (χ4v) is 17.6. The average molecular weight is 1480 g/mol. The number of rotatable bonds is 8. The maximum absolute atomic E-state index is 12.2. The lowest BCUT2D eigenvalue weighted by Crippen LogP contribution is -2.64. The monoisotopic (exact) mass is 1480 g/mol. The number of benzene rings is 10. The van der Waals surface area contributed by atoms with Crippen LogP contribution in [-0.4, -0.2) is 21.9 Å². The van der Waals surface area contributed by atoms with E-state index in [1.165, 1.54) is 9.13 Å². The van der Waals surface area contributed by atoms with Crippen molar-refractivity contribution in [2.24, 2.45) is 23.2 Å². The van der Waals surface area contributed by atoms with Gasteiger partial charge in [0.15, 0.2) is 0 Å². The largest absolute Gasteiger partial charge is 0.334 e. The first-order valence-electron chi connectivity index (χ1n) is 50.5. The first-order valence-corrected chi connectivity index (χ1v) is 40.5. The molecule has 0 spiro atoms. The van der Waals surface area contributed by atoms with Gasteiger partial charge in [-0.25, -0.2) is 0 Å². The van der Waals surface area contributed by atoms with E-state index in [4.69, 9.17) is 0 Å². The molecule has 2 aromatic heterocycles. The van der Waals surface area contributed by atoms with Crippen LogP contribution < -0.4 is 26.2 Å². The van der Waals surface area contributed by atoms with E-state index in [0.29, 0.717) is 53.6 Å². The fourth-order valence-electron chi connectivity index (χ4n) is 17.6. The minimum absolute atomic E-state index is 0.0166. The molecule has 0 fully saturated rings. The molecule has 0 bridgehead atoms. The summed E-state index contributed by atoms with van der Waals surface area (Å²) in [6.45, 7) is 39.2. The molecule has 566 valence electrons. The summed E-state index contributed by atoms with van der Waals surface area (Å²) in [4.78, 5) is 3.93. The van der Waals surface area contributed by atoms with Crippen molar-refractivity contribution >= 4 is 95.1 Å². The topological polar surface area (TPSA) is 16.3 Å². The van der Waals surface area contributed by atoms with Gasteiger partial charge in [-0.2, -0.15) is 0 Å². The molecule has 4 nitrogen and oxygen atoms in total. The van der Waals surface area contributed by atoms with E-state index in [1.54, 1.807) is 0 Å². The SMILES string of the molecule is [2H]c1c([2H])c(-n2c3c([2H])c([2H])c(C(C)(C)C)c([2H])c3c3c([2H])c(C(C)(C)C)c([2H])c([2H])c32)c([2H])c2c1B1c3c([2H])c([2H])c(-n4c5c([2H])c([2H])c(C(C)(C)C)c([2H])c5c5c([2H])c(C(C)(C)C)c([2H])c([2H])c54)c([2H])c3N(C3C(C4CC=CCC4)=CC(C(C)(C)C)CC3C3=CCCCC3)c3c([2H])c(C(C)(C)C)c([2H])c(c31)N2c1c(-c2ccccc2)cc(C(C)(C)C)cc1-c1ccccc1. The lowest BCUT2D eigenvalue weighted by atomic mass is 9.33. The molecule has 0 saturated carbocycles. The van der Waals surface area contributed by atoms with Crippen molar-refractivity contribution in [2.75, 3.05) is 9.80 Å². The van der Waals surface area contributed by atoms with Crippen molar-refractivity contribution in [1.82, 2.24) is 9.13 Å². The molecular formula is C106H119BN4. The standard InChI is InChI=1S/C106H119BN4/c1-100(2,3)70-42-50-89-83(54-70)84-55-71(101(4,5)6)43-51-90(84)108(89)77-46-48-87-93(64-77)110(98-79(66-34-26-22-27-35-66)58-74(104(13,14)15)59-80(98)67-36-28-23-29-37-67)95-62-76(106(19,20)21)63-96-97(95)107(87)88-49-47-78(109-91-52-44-72(102(7,8)9)56-85(91)86-57-73(103(10,11)12)45-53-92(86)109)65-94(88)111(96)99-81(68-38-30-24-31-39-68)60-75(105(16,17)18)61-82(99)69-40-32-25-33-41-69/h22-24,26-30,34-37,40,42-60,62-65,68,75,82,99H,25,31-33,38-39,41,61H2,1-21H3/i42D,43D,44D,45D,46D,47D,48D,49D,50D,51D,52D,53D,54D,55D,56D,57D,62D,63D,64D,65D. The highest BCUT2D eigenvalue weighted by atomic mass is 15.2. The van der Waals surface area contributed by atoms with Gasteiger partial charge < -0.3 is 18.9 Å². The van der Waals surface area contributed by atoms with E-state index in [1.807, 2.05) is 169 Å². The van der Waals surface area contributed by atoms with Crippen molar-refractivity contribution in [1.29, 1.82) is 0 Å². The van der Waals surface area contributed by atoms with Gasteiger partial charge in [0.25, 0.3) is 6.71 Å². The maximum atomic E-state index is 12.2. The van der Waals surface area contributed by atoms with Gasteiger partial charge in [-0.05, 0) is 264 Å². The zero-order valence-electron chi connectivity index (χ0n) is 89.1. The molecule has 2 aliphatic heterocycles. The summed E-state index contributed by atoms with van der Waals surface area (Å²) in [6.07, 6.45) is 15.1. The van der Waals surface area contributed by atoms with Crippen LogP contribution in [-0.2, 0) is 32.5 Å². The molecule has 4 heterocycles. The van der Waals surface area contributed by atoms with Crippen LogP contribution in [0.4, 0.5) is 28.4 Å². The first-order chi connectivity index (χ1) is 60.9. The zero-order valence-corrected chi connectivity index (χ0v) is 69.1. The highest BCUT2D eigenvalue weighted by molar-refractivity contribution is 7.00. The molecule has 4 atom stereocenters. The van der Waals surface area contributed by atoms with Crippen LogP contribution in [0.1, 0.15) is 258 Å². The Kier molecular flexibility index (Phi) is 13.1. The highest BCUT2D eigenvalue weighted by Crippen LogP contribution is 2.57. The van der Waals surface area contributed by atoms with Crippen LogP contribution in [0.15, 0.2) is 229 Å². The Bertz CT molecular complexity index is 6800. The minimum atomic E-state index is -1.72. The first kappa shape index (κ1) is 54.4. The molecular weight excluding hydrogens is 1340 g/mol. The van der Waals surface area contributed by atoms with E-state index in [9.17, 15) is 27.4 Å². The van der Waals surface area contributed by atoms with E-state index in [-0.39, 0.29) is 188 Å². The Morgan fingerprint density at radius 1 is 0.423 bits per heavy atom. The maximum Gasteiger partial charge on any atom is 0.252 e.